The lowest BCUT2D eigenvalue weighted by atomic mass is 10.0. The fourth-order valence-corrected chi connectivity index (χ4v) is 8.35. The summed E-state index contributed by atoms with van der Waals surface area (Å²) >= 11 is 0. The third-order valence-electron chi connectivity index (χ3n) is 11.0. The molecule has 0 amide bonds. The Morgan fingerprint density at radius 1 is 0.345 bits per heavy atom. The number of fused-ring (bicyclic) bond motifs is 7. The van der Waals surface area contributed by atoms with Crippen LogP contribution in [0, 0.1) is 0 Å². The van der Waals surface area contributed by atoms with Gasteiger partial charge in [0.05, 0.1) is 16.7 Å². The summed E-state index contributed by atoms with van der Waals surface area (Å²) in [6.07, 6.45) is 0. The van der Waals surface area contributed by atoms with Crippen molar-refractivity contribution in [3.05, 3.63) is 206 Å². The van der Waals surface area contributed by atoms with Gasteiger partial charge >= 0.3 is 0 Å². The highest BCUT2D eigenvalue weighted by Crippen LogP contribution is 2.41. The lowest BCUT2D eigenvalue weighted by Gasteiger charge is -2.27. The number of rotatable bonds is 6. The van der Waals surface area contributed by atoms with Gasteiger partial charge in [0, 0.05) is 44.0 Å². The molecule has 0 fully saturated rings. The van der Waals surface area contributed by atoms with E-state index in [1.807, 2.05) is 12.1 Å². The van der Waals surface area contributed by atoms with Crippen molar-refractivity contribution in [3.8, 4) is 27.9 Å². The SMILES string of the molecule is c1ccc2c(N(c3ccc(-c4ccc(-n5c6ccccc6c6ccccc65)cc4)cc3)c3ccc(-c4ccc5oc6ccccc6c5c4)cc3)cccc2c1. The highest BCUT2D eigenvalue weighted by Gasteiger charge is 2.17. The minimum absolute atomic E-state index is 0.909. The second kappa shape index (κ2) is 12.6. The van der Waals surface area contributed by atoms with E-state index in [0.717, 1.165) is 55.8 Å². The summed E-state index contributed by atoms with van der Waals surface area (Å²) in [5, 5.41) is 7.23. The molecule has 2 heterocycles. The van der Waals surface area contributed by atoms with Gasteiger partial charge in [-0.3, -0.25) is 0 Å². The van der Waals surface area contributed by atoms with Crippen LogP contribution in [-0.2, 0) is 0 Å². The molecule has 3 nitrogen and oxygen atoms in total. The van der Waals surface area contributed by atoms with Crippen LogP contribution < -0.4 is 4.90 Å². The lowest BCUT2D eigenvalue weighted by molar-refractivity contribution is 0.669. The normalized spacial score (nSPS) is 11.6. The maximum Gasteiger partial charge on any atom is 0.135 e. The smallest absolute Gasteiger partial charge is 0.135 e. The van der Waals surface area contributed by atoms with Crippen molar-refractivity contribution in [2.75, 3.05) is 4.90 Å². The quantitative estimate of drug-likeness (QED) is 0.172. The zero-order valence-corrected chi connectivity index (χ0v) is 29.9. The third-order valence-corrected chi connectivity index (χ3v) is 11.0. The minimum atomic E-state index is 0.909. The van der Waals surface area contributed by atoms with E-state index in [2.05, 4.69) is 204 Å². The van der Waals surface area contributed by atoms with Crippen molar-refractivity contribution in [3.63, 3.8) is 0 Å². The molecule has 2 aromatic heterocycles. The summed E-state index contributed by atoms with van der Waals surface area (Å²) in [5.41, 5.74) is 13.4. The summed E-state index contributed by atoms with van der Waals surface area (Å²) < 4.78 is 8.47. The number of para-hydroxylation sites is 3. The lowest BCUT2D eigenvalue weighted by Crippen LogP contribution is -2.10. The molecule has 9 aromatic carbocycles. The Morgan fingerprint density at radius 2 is 0.836 bits per heavy atom. The number of anilines is 3. The molecule has 258 valence electrons. The van der Waals surface area contributed by atoms with Crippen LogP contribution in [0.5, 0.6) is 0 Å². The average Bonchev–Trinajstić information content (AvgIpc) is 3.80. The third kappa shape index (κ3) is 5.20. The molecular formula is C52H34N2O. The van der Waals surface area contributed by atoms with E-state index in [0.29, 0.717) is 0 Å². The molecule has 0 aliphatic carbocycles. The molecule has 0 radical (unpaired) electrons. The zero-order valence-electron chi connectivity index (χ0n) is 29.9. The fourth-order valence-electron chi connectivity index (χ4n) is 8.35. The maximum absolute atomic E-state index is 6.10. The van der Waals surface area contributed by atoms with Gasteiger partial charge in [-0.05, 0) is 100 Å². The van der Waals surface area contributed by atoms with Gasteiger partial charge in [0.1, 0.15) is 11.2 Å². The average molecular weight is 703 g/mol. The summed E-state index contributed by atoms with van der Waals surface area (Å²) in [6.45, 7) is 0. The first kappa shape index (κ1) is 31.2. The Balaban J connectivity index is 0.957. The monoisotopic (exact) mass is 702 g/mol. The van der Waals surface area contributed by atoms with E-state index < -0.39 is 0 Å². The molecule has 0 unspecified atom stereocenters. The van der Waals surface area contributed by atoms with E-state index in [-0.39, 0.29) is 0 Å². The fraction of sp³-hybridized carbons (Fsp3) is 0. The van der Waals surface area contributed by atoms with Crippen molar-refractivity contribution in [2.24, 2.45) is 0 Å². The van der Waals surface area contributed by atoms with Crippen LogP contribution in [0.25, 0.3) is 82.5 Å². The number of benzene rings is 9. The number of hydrogen-bond acceptors (Lipinski definition) is 2. The first-order valence-electron chi connectivity index (χ1n) is 18.8. The molecule has 11 rings (SSSR count). The second-order valence-corrected chi connectivity index (χ2v) is 14.2. The number of hydrogen-bond donors (Lipinski definition) is 0. The van der Waals surface area contributed by atoms with Crippen LogP contribution in [0.1, 0.15) is 0 Å². The second-order valence-electron chi connectivity index (χ2n) is 14.2. The summed E-state index contributed by atoms with van der Waals surface area (Å²) in [5.74, 6) is 0. The maximum atomic E-state index is 6.10. The molecule has 0 saturated carbocycles. The van der Waals surface area contributed by atoms with Crippen LogP contribution in [0.4, 0.5) is 17.1 Å². The Labute approximate surface area is 318 Å². The predicted octanol–water partition coefficient (Wildman–Crippen LogP) is 14.6. The highest BCUT2D eigenvalue weighted by molar-refractivity contribution is 6.09. The molecule has 55 heavy (non-hydrogen) atoms. The first-order chi connectivity index (χ1) is 27.3. The molecular weight excluding hydrogens is 669 g/mol. The topological polar surface area (TPSA) is 21.3 Å². The summed E-state index contributed by atoms with van der Waals surface area (Å²) in [4.78, 5) is 2.37. The van der Waals surface area contributed by atoms with Crippen molar-refractivity contribution < 1.29 is 4.42 Å². The van der Waals surface area contributed by atoms with Gasteiger partial charge < -0.3 is 13.9 Å². The van der Waals surface area contributed by atoms with Gasteiger partial charge in [-0.1, -0.05) is 133 Å². The van der Waals surface area contributed by atoms with Gasteiger partial charge in [-0.25, -0.2) is 0 Å². The van der Waals surface area contributed by atoms with Crippen LogP contribution >= 0.6 is 0 Å². The number of nitrogens with zero attached hydrogens (tertiary/aromatic N) is 2. The Bertz CT molecular complexity index is 3130. The first-order valence-corrected chi connectivity index (χ1v) is 18.8. The van der Waals surface area contributed by atoms with Crippen molar-refractivity contribution in [1.29, 1.82) is 0 Å². The predicted molar refractivity (Wildman–Crippen MR) is 231 cm³/mol. The van der Waals surface area contributed by atoms with Gasteiger partial charge in [-0.2, -0.15) is 0 Å². The number of aromatic nitrogens is 1. The molecule has 0 spiro atoms. The summed E-state index contributed by atoms with van der Waals surface area (Å²) in [6, 6.07) is 74.0. The van der Waals surface area contributed by atoms with E-state index in [1.165, 1.54) is 43.7 Å². The van der Waals surface area contributed by atoms with Gasteiger partial charge in [0.2, 0.25) is 0 Å². The van der Waals surface area contributed by atoms with E-state index in [1.54, 1.807) is 0 Å². The Hall–Kier alpha value is -7.36. The molecule has 0 bridgehead atoms. The van der Waals surface area contributed by atoms with Gasteiger partial charge in [0.25, 0.3) is 0 Å². The van der Waals surface area contributed by atoms with E-state index in [9.17, 15) is 0 Å². The van der Waals surface area contributed by atoms with Crippen molar-refractivity contribution in [2.45, 2.75) is 0 Å². The van der Waals surface area contributed by atoms with Crippen molar-refractivity contribution in [1.82, 2.24) is 4.57 Å². The van der Waals surface area contributed by atoms with Crippen LogP contribution in [-0.4, -0.2) is 4.57 Å². The molecule has 3 heteroatoms. The van der Waals surface area contributed by atoms with E-state index in [4.69, 9.17) is 4.42 Å². The standard InChI is InChI=1S/C52H34N2O/c1-2-12-43-38(10-1)11-9-18-48(43)53(41-29-24-37(25-30-41)39-26-33-52-47(34-39)46-15-5-8-19-51(46)55-52)40-27-20-35(21-28-40)36-22-31-42(32-23-36)54-49-16-6-3-13-44(49)45-14-4-7-17-50(45)54/h1-34H. The minimum Gasteiger partial charge on any atom is -0.456 e. The zero-order chi connectivity index (χ0) is 36.3. The molecule has 0 aliphatic rings. The van der Waals surface area contributed by atoms with Crippen LogP contribution in [0.3, 0.4) is 0 Å². The summed E-state index contributed by atoms with van der Waals surface area (Å²) in [7, 11) is 0. The number of furan rings is 1. The molecule has 11 aromatic rings. The largest absolute Gasteiger partial charge is 0.456 e. The van der Waals surface area contributed by atoms with Gasteiger partial charge in [0.15, 0.2) is 0 Å². The highest BCUT2D eigenvalue weighted by atomic mass is 16.3. The molecule has 0 aliphatic heterocycles. The Kier molecular flexibility index (Phi) is 7.17. The van der Waals surface area contributed by atoms with Crippen molar-refractivity contribution >= 4 is 71.6 Å². The molecule has 0 atom stereocenters. The Morgan fingerprint density at radius 3 is 1.51 bits per heavy atom. The molecule has 0 N–H and O–H groups in total. The van der Waals surface area contributed by atoms with E-state index >= 15 is 0 Å². The van der Waals surface area contributed by atoms with Crippen LogP contribution in [0.2, 0.25) is 0 Å². The molecule has 0 saturated heterocycles. The van der Waals surface area contributed by atoms with Gasteiger partial charge in [-0.15, -0.1) is 0 Å². The van der Waals surface area contributed by atoms with Crippen LogP contribution in [0.15, 0.2) is 211 Å².